The molecule has 12 heteroatoms. The van der Waals surface area contributed by atoms with Crippen molar-refractivity contribution < 1.29 is 32.7 Å². The number of amides is 2. The van der Waals surface area contributed by atoms with Gasteiger partial charge in [0.2, 0.25) is 5.91 Å². The lowest BCUT2D eigenvalue weighted by Crippen LogP contribution is -2.46. The van der Waals surface area contributed by atoms with Crippen molar-refractivity contribution in [3.63, 3.8) is 0 Å². The first-order valence-corrected chi connectivity index (χ1v) is 13.6. The largest absolute Gasteiger partial charge is 0.480 e. The smallest absolute Gasteiger partial charge is 0.326 e. The Labute approximate surface area is 229 Å². The third-order valence-electron chi connectivity index (χ3n) is 6.56. The highest BCUT2D eigenvalue weighted by atomic mass is 32.2. The molecule has 1 aliphatic rings. The zero-order valence-electron chi connectivity index (χ0n) is 22.0. The van der Waals surface area contributed by atoms with Gasteiger partial charge in [-0.05, 0) is 41.7 Å². The Morgan fingerprint density at radius 1 is 1.13 bits per heavy atom. The summed E-state index contributed by atoms with van der Waals surface area (Å²) in [6.45, 7) is 4.24. The highest BCUT2D eigenvalue weighted by Crippen LogP contribution is 2.26. The molecular formula is C27H33F3N4O4S. The van der Waals surface area contributed by atoms with Gasteiger partial charge in [0.15, 0.2) is 17.0 Å². The molecule has 39 heavy (non-hydrogen) atoms. The van der Waals surface area contributed by atoms with Gasteiger partial charge >= 0.3 is 5.97 Å². The van der Waals surface area contributed by atoms with Gasteiger partial charge in [-0.1, -0.05) is 26.0 Å². The number of carbonyl (C=O) groups excluding carboxylic acids is 2. The monoisotopic (exact) mass is 566 g/mol. The molecule has 0 aliphatic carbocycles. The Bertz CT molecular complexity index is 1200. The van der Waals surface area contributed by atoms with Crippen molar-refractivity contribution in [2.24, 2.45) is 11.7 Å². The van der Waals surface area contributed by atoms with Crippen LogP contribution >= 0.6 is 11.8 Å². The minimum atomic E-state index is -1.30. The van der Waals surface area contributed by atoms with Crippen molar-refractivity contribution in [1.29, 1.82) is 0 Å². The third kappa shape index (κ3) is 7.66. The van der Waals surface area contributed by atoms with Crippen LogP contribution in [-0.4, -0.2) is 64.6 Å². The Morgan fingerprint density at radius 2 is 1.77 bits per heavy atom. The molecule has 0 radical (unpaired) electrons. The van der Waals surface area contributed by atoms with Crippen LogP contribution in [-0.2, 0) is 27.3 Å². The predicted octanol–water partition coefficient (Wildman–Crippen LogP) is 3.13. The number of hydrogen-bond acceptors (Lipinski definition) is 6. The molecule has 2 aromatic rings. The molecule has 4 N–H and O–H groups in total. The van der Waals surface area contributed by atoms with E-state index in [1.807, 2.05) is 13.8 Å². The molecule has 3 rings (SSSR count). The second-order valence-corrected chi connectivity index (χ2v) is 11.0. The van der Waals surface area contributed by atoms with Gasteiger partial charge in [0, 0.05) is 50.1 Å². The number of carboxylic acids is 1. The fourth-order valence-corrected chi connectivity index (χ4v) is 5.71. The summed E-state index contributed by atoms with van der Waals surface area (Å²) in [6, 6.07) is 6.83. The molecule has 1 aliphatic heterocycles. The van der Waals surface area contributed by atoms with Crippen LogP contribution in [0.25, 0.3) is 0 Å². The average molecular weight is 567 g/mol. The lowest BCUT2D eigenvalue weighted by atomic mass is 10.0. The number of thioether (sulfide) groups is 1. The Morgan fingerprint density at radius 3 is 2.38 bits per heavy atom. The number of nitrogens with zero attached hydrogens (tertiary/aromatic N) is 2. The number of rotatable bonds is 11. The first kappa shape index (κ1) is 30.3. The highest BCUT2D eigenvalue weighted by Gasteiger charge is 2.35. The topological polar surface area (TPSA) is 116 Å². The molecule has 1 saturated heterocycles. The van der Waals surface area contributed by atoms with Crippen LogP contribution < -0.4 is 16.0 Å². The second kappa shape index (κ2) is 13.2. The van der Waals surface area contributed by atoms with E-state index in [1.165, 1.54) is 16.7 Å². The van der Waals surface area contributed by atoms with Gasteiger partial charge in [0.05, 0.1) is 0 Å². The van der Waals surface area contributed by atoms with Crippen molar-refractivity contribution in [3.8, 4) is 0 Å². The zero-order chi connectivity index (χ0) is 28.9. The molecule has 2 amide bonds. The van der Waals surface area contributed by atoms with Gasteiger partial charge in [-0.2, -0.15) is 0 Å². The maximum atomic E-state index is 13.9. The number of hydrogen-bond donors (Lipinski definition) is 3. The summed E-state index contributed by atoms with van der Waals surface area (Å²) in [5.41, 5.74) is 7.40. The van der Waals surface area contributed by atoms with Crippen molar-refractivity contribution in [3.05, 3.63) is 65.0 Å². The molecule has 0 bridgehead atoms. The molecular weight excluding hydrogens is 533 g/mol. The molecule has 2 aromatic carbocycles. The summed E-state index contributed by atoms with van der Waals surface area (Å²) in [5.74, 6) is -4.62. The van der Waals surface area contributed by atoms with E-state index in [-0.39, 0.29) is 42.7 Å². The molecule has 0 spiro atoms. The summed E-state index contributed by atoms with van der Waals surface area (Å²) in [7, 11) is 1.72. The van der Waals surface area contributed by atoms with Crippen molar-refractivity contribution in [2.75, 3.05) is 24.2 Å². The number of benzene rings is 2. The third-order valence-corrected chi connectivity index (χ3v) is 7.76. The number of nitrogens with one attached hydrogen (secondary N) is 1. The van der Waals surface area contributed by atoms with Gasteiger partial charge in [-0.3, -0.25) is 9.59 Å². The number of nitrogens with two attached hydrogens (primary N) is 1. The summed E-state index contributed by atoms with van der Waals surface area (Å²) in [4.78, 5) is 40.5. The number of halogens is 3. The minimum absolute atomic E-state index is 0.0948. The van der Waals surface area contributed by atoms with Crippen LogP contribution in [0.2, 0.25) is 0 Å². The Balaban J connectivity index is 1.55. The first-order valence-electron chi connectivity index (χ1n) is 12.5. The van der Waals surface area contributed by atoms with Crippen LogP contribution in [0.5, 0.6) is 0 Å². The number of likely N-dealkylation sites (N-methyl/N-ethyl adjacent to an activating group) is 1. The van der Waals surface area contributed by atoms with Gasteiger partial charge in [-0.25, -0.2) is 18.0 Å². The van der Waals surface area contributed by atoms with Crippen LogP contribution in [0, 0.1) is 23.4 Å². The molecule has 1 fully saturated rings. The second-order valence-electron chi connectivity index (χ2n) is 9.86. The van der Waals surface area contributed by atoms with Gasteiger partial charge in [0.1, 0.15) is 11.9 Å². The van der Waals surface area contributed by atoms with Crippen molar-refractivity contribution >= 4 is 35.2 Å². The summed E-state index contributed by atoms with van der Waals surface area (Å²) < 4.78 is 40.6. The predicted molar refractivity (Wildman–Crippen MR) is 144 cm³/mol. The van der Waals surface area contributed by atoms with Crippen LogP contribution in [0.15, 0.2) is 36.4 Å². The van der Waals surface area contributed by atoms with Crippen molar-refractivity contribution in [2.45, 2.75) is 50.7 Å². The summed E-state index contributed by atoms with van der Waals surface area (Å²) in [5, 5.41) is 11.6. The Hall–Kier alpha value is -3.25. The average Bonchev–Trinajstić information content (AvgIpc) is 3.36. The Kier molecular flexibility index (Phi) is 10.3. The normalized spacial score (nSPS) is 16.7. The van der Waals surface area contributed by atoms with Crippen LogP contribution in [0.4, 0.5) is 18.9 Å². The van der Waals surface area contributed by atoms with E-state index in [4.69, 9.17) is 5.73 Å². The maximum Gasteiger partial charge on any atom is 0.326 e. The standard InChI is InChI=1S/C27H33F3N4O4S/c1-15(2)24(27(37)38)33(3)19-6-4-16(5-7-19)14-32-25(36)26-34(8-9-39-26)23(35)12-18(31)10-17-11-21(29)22(30)13-20(17)28/h4-7,11,13,15,18,24,26H,8-10,12,14,31H2,1-3H3,(H,32,36)(H,37,38). The highest BCUT2D eigenvalue weighted by molar-refractivity contribution is 8.00. The molecule has 8 nitrogen and oxygen atoms in total. The molecule has 3 unspecified atom stereocenters. The van der Waals surface area contributed by atoms with Gasteiger partial charge in [-0.15, -0.1) is 11.8 Å². The first-order chi connectivity index (χ1) is 18.4. The molecule has 3 atom stereocenters. The lowest BCUT2D eigenvalue weighted by Gasteiger charge is -2.29. The molecule has 212 valence electrons. The number of carbonyl (C=O) groups is 3. The fraction of sp³-hybridized carbons (Fsp3) is 0.444. The maximum absolute atomic E-state index is 13.9. The van der Waals surface area contributed by atoms with Crippen LogP contribution in [0.1, 0.15) is 31.4 Å². The lowest BCUT2D eigenvalue weighted by molar-refractivity contribution is -0.139. The molecule has 0 saturated carbocycles. The number of carboxylic acid groups (broad SMARTS) is 1. The fourth-order valence-electron chi connectivity index (χ4n) is 4.54. The van der Waals surface area contributed by atoms with Crippen LogP contribution in [0.3, 0.4) is 0 Å². The summed E-state index contributed by atoms with van der Waals surface area (Å²) >= 11 is 1.31. The number of aliphatic carboxylic acids is 1. The quantitative estimate of drug-likeness (QED) is 0.358. The van der Waals surface area contributed by atoms with E-state index in [1.54, 1.807) is 36.2 Å². The van der Waals surface area contributed by atoms with Gasteiger partial charge in [0.25, 0.3) is 5.91 Å². The zero-order valence-corrected chi connectivity index (χ0v) is 22.8. The van der Waals surface area contributed by atoms with Crippen molar-refractivity contribution in [1.82, 2.24) is 10.2 Å². The van der Waals surface area contributed by atoms with E-state index < -0.39 is 40.9 Å². The minimum Gasteiger partial charge on any atom is -0.480 e. The SMILES string of the molecule is CC(C)C(C(=O)O)N(C)c1ccc(CNC(=O)C2SCCN2C(=O)CC(N)Cc2cc(F)c(F)cc2F)cc1. The van der Waals surface area contributed by atoms with Gasteiger partial charge < -0.3 is 26.0 Å². The van der Waals surface area contributed by atoms with E-state index in [9.17, 15) is 32.7 Å². The molecule has 0 aromatic heterocycles. The van der Waals surface area contributed by atoms with E-state index in [0.29, 0.717) is 18.4 Å². The van der Waals surface area contributed by atoms with E-state index in [0.717, 1.165) is 17.3 Å². The number of anilines is 1. The van der Waals surface area contributed by atoms with E-state index in [2.05, 4.69) is 5.32 Å². The molecule has 1 heterocycles. The summed E-state index contributed by atoms with van der Waals surface area (Å²) in [6.07, 6.45) is -0.354. The van der Waals surface area contributed by atoms with E-state index >= 15 is 0 Å².